The summed E-state index contributed by atoms with van der Waals surface area (Å²) in [5, 5.41) is 0. The zero-order chi connectivity index (χ0) is 15.8. The first-order valence-electron chi connectivity index (χ1n) is 6.94. The van der Waals surface area contributed by atoms with E-state index in [-0.39, 0.29) is 29.3 Å². The first kappa shape index (κ1) is 15.6. The Kier molecular flexibility index (Phi) is 4.12. The molecule has 0 saturated carbocycles. The van der Waals surface area contributed by atoms with Crippen molar-refractivity contribution in [2.45, 2.75) is 27.2 Å². The molecule has 21 heavy (non-hydrogen) atoms. The third-order valence-corrected chi connectivity index (χ3v) is 4.00. The number of ketones is 1. The van der Waals surface area contributed by atoms with Crippen LogP contribution in [0, 0.1) is 23.0 Å². The predicted molar refractivity (Wildman–Crippen MR) is 74.8 cm³/mol. The van der Waals surface area contributed by atoms with Crippen molar-refractivity contribution in [2.24, 2.45) is 11.3 Å². The Hall–Kier alpha value is -1.78. The summed E-state index contributed by atoms with van der Waals surface area (Å²) in [6, 6.07) is 2.76. The number of nitrogens with zero attached hydrogens (tertiary/aromatic N) is 1. The minimum Gasteiger partial charge on any atom is -0.335 e. The summed E-state index contributed by atoms with van der Waals surface area (Å²) in [4.78, 5) is 25.5. The van der Waals surface area contributed by atoms with E-state index >= 15 is 0 Å². The van der Waals surface area contributed by atoms with Gasteiger partial charge >= 0.3 is 0 Å². The zero-order valence-corrected chi connectivity index (χ0v) is 12.5. The van der Waals surface area contributed by atoms with Gasteiger partial charge in [0.25, 0.3) is 0 Å². The summed E-state index contributed by atoms with van der Waals surface area (Å²) >= 11 is 0. The molecule has 0 bridgehead atoms. The number of halogens is 2. The number of rotatable bonds is 3. The maximum atomic E-state index is 13.6. The molecule has 0 aromatic heterocycles. The molecule has 1 unspecified atom stereocenters. The van der Waals surface area contributed by atoms with Crippen LogP contribution >= 0.6 is 0 Å². The smallest absolute Gasteiger partial charge is 0.223 e. The molecule has 0 N–H and O–H groups in total. The van der Waals surface area contributed by atoms with Crippen molar-refractivity contribution in [3.8, 4) is 0 Å². The minimum atomic E-state index is -0.764. The van der Waals surface area contributed by atoms with E-state index in [0.29, 0.717) is 13.0 Å². The van der Waals surface area contributed by atoms with Crippen LogP contribution in [0.3, 0.4) is 0 Å². The summed E-state index contributed by atoms with van der Waals surface area (Å²) in [5.74, 6) is -1.95. The molecule has 1 aromatic carbocycles. The van der Waals surface area contributed by atoms with Crippen molar-refractivity contribution in [1.82, 2.24) is 4.90 Å². The number of benzene rings is 1. The lowest BCUT2D eigenvalue weighted by Crippen LogP contribution is -2.33. The predicted octanol–water partition coefficient (Wildman–Crippen LogP) is 3.04. The van der Waals surface area contributed by atoms with E-state index in [1.807, 2.05) is 20.8 Å². The summed E-state index contributed by atoms with van der Waals surface area (Å²) < 4.78 is 26.7. The Morgan fingerprint density at radius 1 is 1.33 bits per heavy atom. The molecular formula is C16H19F2NO2. The van der Waals surface area contributed by atoms with Crippen LogP contribution in [-0.2, 0) is 4.79 Å². The van der Waals surface area contributed by atoms with E-state index < -0.39 is 17.4 Å². The standard InChI is InChI=1S/C16H19F2NO2/c1-16(2,3)10-6-15(21)19(8-10)9-14(20)12-7-11(17)4-5-13(12)18/h4-5,7,10H,6,8-9H2,1-3H3. The molecule has 1 atom stereocenters. The van der Waals surface area contributed by atoms with Crippen molar-refractivity contribution in [3.05, 3.63) is 35.4 Å². The first-order chi connectivity index (χ1) is 9.68. The van der Waals surface area contributed by atoms with Gasteiger partial charge in [-0.1, -0.05) is 20.8 Å². The third-order valence-electron chi connectivity index (χ3n) is 4.00. The van der Waals surface area contributed by atoms with Crippen molar-refractivity contribution in [2.75, 3.05) is 13.1 Å². The molecule has 2 rings (SSSR count). The molecule has 3 nitrogen and oxygen atoms in total. The van der Waals surface area contributed by atoms with E-state index in [9.17, 15) is 18.4 Å². The second-order valence-electron chi connectivity index (χ2n) is 6.59. The molecule has 5 heteroatoms. The van der Waals surface area contributed by atoms with E-state index in [1.54, 1.807) is 0 Å². The van der Waals surface area contributed by atoms with Crippen molar-refractivity contribution >= 4 is 11.7 Å². The number of hydrogen-bond acceptors (Lipinski definition) is 2. The zero-order valence-electron chi connectivity index (χ0n) is 12.5. The van der Waals surface area contributed by atoms with Crippen LogP contribution in [0.2, 0.25) is 0 Å². The lowest BCUT2D eigenvalue weighted by molar-refractivity contribution is -0.127. The molecule has 1 fully saturated rings. The van der Waals surface area contributed by atoms with Gasteiger partial charge in [0.2, 0.25) is 5.91 Å². The fourth-order valence-electron chi connectivity index (χ4n) is 2.47. The van der Waals surface area contributed by atoms with Crippen molar-refractivity contribution in [1.29, 1.82) is 0 Å². The van der Waals surface area contributed by atoms with Crippen LogP contribution in [0.1, 0.15) is 37.6 Å². The van der Waals surface area contributed by atoms with Gasteiger partial charge in [0.05, 0.1) is 12.1 Å². The van der Waals surface area contributed by atoms with Crippen molar-refractivity contribution < 1.29 is 18.4 Å². The van der Waals surface area contributed by atoms with Gasteiger partial charge in [-0.05, 0) is 29.5 Å². The molecule has 0 aliphatic carbocycles. The second-order valence-corrected chi connectivity index (χ2v) is 6.59. The normalized spacial score (nSPS) is 19.2. The van der Waals surface area contributed by atoms with Gasteiger partial charge in [0.1, 0.15) is 11.6 Å². The number of carbonyl (C=O) groups is 2. The van der Waals surface area contributed by atoms with E-state index in [4.69, 9.17) is 0 Å². The van der Waals surface area contributed by atoms with Crippen LogP contribution in [-0.4, -0.2) is 29.7 Å². The number of Topliss-reactive ketones (excluding diaryl/α,β-unsaturated/α-hetero) is 1. The molecule has 0 radical (unpaired) electrons. The highest BCUT2D eigenvalue weighted by molar-refractivity contribution is 5.99. The first-order valence-corrected chi connectivity index (χ1v) is 6.94. The van der Waals surface area contributed by atoms with Crippen molar-refractivity contribution in [3.63, 3.8) is 0 Å². The van der Waals surface area contributed by atoms with E-state index in [2.05, 4.69) is 0 Å². The molecular weight excluding hydrogens is 276 g/mol. The summed E-state index contributed by atoms with van der Waals surface area (Å²) in [6.07, 6.45) is 0.391. The van der Waals surface area contributed by atoms with Gasteiger partial charge in [-0.25, -0.2) is 8.78 Å². The number of amides is 1. The van der Waals surface area contributed by atoms with Crippen LogP contribution in [0.15, 0.2) is 18.2 Å². The highest BCUT2D eigenvalue weighted by Crippen LogP contribution is 2.34. The van der Waals surface area contributed by atoms with Gasteiger partial charge in [-0.15, -0.1) is 0 Å². The van der Waals surface area contributed by atoms with Gasteiger partial charge in [-0.2, -0.15) is 0 Å². The Labute approximate surface area is 122 Å². The molecule has 1 aromatic rings. The second kappa shape index (κ2) is 5.54. The van der Waals surface area contributed by atoms with Crippen LogP contribution < -0.4 is 0 Å². The third kappa shape index (κ3) is 3.46. The van der Waals surface area contributed by atoms with Gasteiger partial charge in [0, 0.05) is 13.0 Å². The van der Waals surface area contributed by atoms with E-state index in [0.717, 1.165) is 18.2 Å². The average molecular weight is 295 g/mol. The molecule has 0 spiro atoms. The van der Waals surface area contributed by atoms with Crippen LogP contribution in [0.4, 0.5) is 8.78 Å². The Bertz CT molecular complexity index is 578. The number of likely N-dealkylation sites (tertiary alicyclic amines) is 1. The summed E-state index contributed by atoms with van der Waals surface area (Å²) in [5.41, 5.74) is -0.334. The minimum absolute atomic E-state index is 0.0302. The van der Waals surface area contributed by atoms with Gasteiger partial charge in [-0.3, -0.25) is 9.59 Å². The lowest BCUT2D eigenvalue weighted by atomic mass is 9.80. The van der Waals surface area contributed by atoms with E-state index in [1.165, 1.54) is 4.90 Å². The summed E-state index contributed by atoms with van der Waals surface area (Å²) in [6.45, 7) is 6.41. The number of hydrogen-bond donors (Lipinski definition) is 0. The quantitative estimate of drug-likeness (QED) is 0.804. The average Bonchev–Trinajstić information content (AvgIpc) is 2.74. The monoisotopic (exact) mass is 295 g/mol. The molecule has 1 saturated heterocycles. The highest BCUT2D eigenvalue weighted by Gasteiger charge is 2.37. The Morgan fingerprint density at radius 2 is 2.00 bits per heavy atom. The van der Waals surface area contributed by atoms with Crippen LogP contribution in [0.5, 0.6) is 0 Å². The Balaban J connectivity index is 2.10. The SMILES string of the molecule is CC(C)(C)C1CC(=O)N(CC(=O)c2cc(F)ccc2F)C1. The maximum Gasteiger partial charge on any atom is 0.223 e. The van der Waals surface area contributed by atoms with Gasteiger partial charge in [0.15, 0.2) is 5.78 Å². The molecule has 1 heterocycles. The molecule has 1 amide bonds. The van der Waals surface area contributed by atoms with Gasteiger partial charge < -0.3 is 4.90 Å². The lowest BCUT2D eigenvalue weighted by Gasteiger charge is -2.26. The highest BCUT2D eigenvalue weighted by atomic mass is 19.1. The maximum absolute atomic E-state index is 13.6. The molecule has 1 aliphatic rings. The fraction of sp³-hybridized carbons (Fsp3) is 0.500. The fourth-order valence-corrected chi connectivity index (χ4v) is 2.47. The topological polar surface area (TPSA) is 37.4 Å². The largest absolute Gasteiger partial charge is 0.335 e. The number of carbonyl (C=O) groups excluding carboxylic acids is 2. The molecule has 114 valence electrons. The van der Waals surface area contributed by atoms with Crippen LogP contribution in [0.25, 0.3) is 0 Å². The molecule has 1 aliphatic heterocycles. The Morgan fingerprint density at radius 3 is 2.57 bits per heavy atom. The summed E-state index contributed by atoms with van der Waals surface area (Å²) in [7, 11) is 0.